The summed E-state index contributed by atoms with van der Waals surface area (Å²) in [5.74, 6) is -0.174. The molecule has 0 bridgehead atoms. The fraction of sp³-hybridized carbons (Fsp3) is 0.583. The van der Waals surface area contributed by atoms with Gasteiger partial charge in [-0.05, 0) is 22.0 Å². The maximum atomic E-state index is 10.9. The lowest BCUT2D eigenvalue weighted by molar-refractivity contribution is -0.391. The third kappa shape index (κ3) is 3.36. The standard InChI is InChI=1S/C12H15ClN2O5/c1-18-5-6-19-11-8(13)7-10(11)20-9-3-2-4-14-12(9)15(16)17/h2-4,8,10-11H,5-7H2,1H3. The minimum absolute atomic E-state index is 0.131. The highest BCUT2D eigenvalue weighted by Gasteiger charge is 2.43. The number of aromatic nitrogens is 1. The van der Waals surface area contributed by atoms with E-state index in [9.17, 15) is 10.1 Å². The van der Waals surface area contributed by atoms with Crippen molar-refractivity contribution in [2.24, 2.45) is 0 Å². The Morgan fingerprint density at radius 3 is 3.00 bits per heavy atom. The molecule has 8 heteroatoms. The van der Waals surface area contributed by atoms with E-state index in [1.165, 1.54) is 12.3 Å². The van der Waals surface area contributed by atoms with Gasteiger partial charge >= 0.3 is 5.82 Å². The second-order valence-corrected chi connectivity index (χ2v) is 4.88. The highest BCUT2D eigenvalue weighted by molar-refractivity contribution is 6.21. The fourth-order valence-electron chi connectivity index (χ4n) is 1.90. The molecule has 110 valence electrons. The van der Waals surface area contributed by atoms with Crippen molar-refractivity contribution in [2.45, 2.75) is 24.0 Å². The number of halogens is 1. The monoisotopic (exact) mass is 302 g/mol. The Balaban J connectivity index is 1.98. The third-order valence-corrected chi connectivity index (χ3v) is 3.41. The quantitative estimate of drug-likeness (QED) is 0.330. The average Bonchev–Trinajstić information content (AvgIpc) is 2.43. The summed E-state index contributed by atoms with van der Waals surface area (Å²) in [5.41, 5.74) is 0. The number of methoxy groups -OCH3 is 1. The Kier molecular flexibility index (Phi) is 5.11. The van der Waals surface area contributed by atoms with E-state index >= 15 is 0 Å². The number of nitro groups is 1. The second kappa shape index (κ2) is 6.83. The van der Waals surface area contributed by atoms with Crippen molar-refractivity contribution in [3.05, 3.63) is 28.4 Å². The zero-order chi connectivity index (χ0) is 14.5. The topological polar surface area (TPSA) is 83.7 Å². The van der Waals surface area contributed by atoms with Gasteiger partial charge in [0.25, 0.3) is 0 Å². The van der Waals surface area contributed by atoms with Crippen LogP contribution in [-0.4, -0.2) is 47.8 Å². The molecule has 0 aromatic carbocycles. The van der Waals surface area contributed by atoms with Gasteiger partial charge in [0.05, 0.1) is 18.6 Å². The molecule has 1 heterocycles. The maximum absolute atomic E-state index is 10.9. The van der Waals surface area contributed by atoms with Crippen LogP contribution in [0.2, 0.25) is 0 Å². The molecule has 20 heavy (non-hydrogen) atoms. The first-order valence-electron chi connectivity index (χ1n) is 6.14. The molecule has 7 nitrogen and oxygen atoms in total. The van der Waals surface area contributed by atoms with E-state index in [4.69, 9.17) is 25.8 Å². The zero-order valence-electron chi connectivity index (χ0n) is 10.9. The van der Waals surface area contributed by atoms with Crippen molar-refractivity contribution in [1.29, 1.82) is 0 Å². The van der Waals surface area contributed by atoms with E-state index in [2.05, 4.69) is 4.98 Å². The van der Waals surface area contributed by atoms with Gasteiger partial charge in [-0.2, -0.15) is 0 Å². The summed E-state index contributed by atoms with van der Waals surface area (Å²) in [7, 11) is 1.58. The minimum atomic E-state index is -0.576. The number of hydrogen-bond acceptors (Lipinski definition) is 6. The molecule has 0 saturated heterocycles. The molecular weight excluding hydrogens is 288 g/mol. The Morgan fingerprint density at radius 1 is 1.55 bits per heavy atom. The van der Waals surface area contributed by atoms with Crippen molar-refractivity contribution < 1.29 is 19.1 Å². The van der Waals surface area contributed by atoms with Crippen LogP contribution in [-0.2, 0) is 9.47 Å². The number of ether oxygens (including phenoxy) is 3. The maximum Gasteiger partial charge on any atom is 0.406 e. The predicted octanol–water partition coefficient (Wildman–Crippen LogP) is 1.78. The fourth-order valence-corrected chi connectivity index (χ4v) is 2.31. The molecule has 0 amide bonds. The SMILES string of the molecule is COCCOC1C(Cl)CC1Oc1cccnc1[N+](=O)[O-]. The van der Waals surface area contributed by atoms with Gasteiger partial charge in [-0.15, -0.1) is 11.6 Å². The summed E-state index contributed by atoms with van der Waals surface area (Å²) in [5, 5.41) is 10.7. The number of pyridine rings is 1. The number of nitrogens with zero attached hydrogens (tertiary/aromatic N) is 2. The molecule has 0 aliphatic heterocycles. The molecule has 0 radical (unpaired) electrons. The molecule has 1 fully saturated rings. The smallest absolute Gasteiger partial charge is 0.406 e. The predicted molar refractivity (Wildman–Crippen MR) is 71.2 cm³/mol. The summed E-state index contributed by atoms with van der Waals surface area (Å²) in [4.78, 5) is 14.0. The molecule has 0 spiro atoms. The van der Waals surface area contributed by atoms with Gasteiger partial charge in [0.15, 0.2) is 0 Å². The van der Waals surface area contributed by atoms with Crippen molar-refractivity contribution in [3.8, 4) is 5.75 Å². The van der Waals surface area contributed by atoms with Crippen molar-refractivity contribution in [1.82, 2.24) is 4.98 Å². The molecular formula is C12H15ClN2O5. The van der Waals surface area contributed by atoms with Gasteiger partial charge in [-0.25, -0.2) is 0 Å². The van der Waals surface area contributed by atoms with Gasteiger partial charge in [0, 0.05) is 13.5 Å². The van der Waals surface area contributed by atoms with Gasteiger partial charge in [-0.3, -0.25) is 0 Å². The summed E-state index contributed by atoms with van der Waals surface area (Å²) in [6, 6.07) is 3.10. The van der Waals surface area contributed by atoms with Crippen LogP contribution in [0.5, 0.6) is 5.75 Å². The van der Waals surface area contributed by atoms with Gasteiger partial charge in [0.2, 0.25) is 5.75 Å². The zero-order valence-corrected chi connectivity index (χ0v) is 11.7. The largest absolute Gasteiger partial charge is 0.479 e. The van der Waals surface area contributed by atoms with E-state index in [-0.39, 0.29) is 29.2 Å². The van der Waals surface area contributed by atoms with Crippen LogP contribution in [0.4, 0.5) is 5.82 Å². The number of alkyl halides is 1. The molecule has 3 atom stereocenters. The first kappa shape index (κ1) is 15.0. The third-order valence-electron chi connectivity index (χ3n) is 2.98. The lowest BCUT2D eigenvalue weighted by Crippen LogP contribution is -2.53. The molecule has 1 aliphatic rings. The van der Waals surface area contributed by atoms with Gasteiger partial charge < -0.3 is 24.3 Å². The minimum Gasteiger partial charge on any atom is -0.479 e. The van der Waals surface area contributed by atoms with Crippen LogP contribution in [0.1, 0.15) is 6.42 Å². The highest BCUT2D eigenvalue weighted by atomic mass is 35.5. The van der Waals surface area contributed by atoms with E-state index in [1.807, 2.05) is 0 Å². The lowest BCUT2D eigenvalue weighted by Gasteiger charge is -2.40. The Hall–Kier alpha value is -1.44. The summed E-state index contributed by atoms with van der Waals surface area (Å²) < 4.78 is 16.0. The second-order valence-electron chi connectivity index (χ2n) is 4.32. The molecule has 3 unspecified atom stereocenters. The van der Waals surface area contributed by atoms with E-state index in [0.717, 1.165) is 0 Å². The van der Waals surface area contributed by atoms with E-state index < -0.39 is 4.92 Å². The summed E-state index contributed by atoms with van der Waals surface area (Å²) in [6.07, 6.45) is 1.32. The van der Waals surface area contributed by atoms with Crippen LogP contribution in [0.3, 0.4) is 0 Å². The van der Waals surface area contributed by atoms with Crippen LogP contribution in [0, 0.1) is 10.1 Å². The lowest BCUT2D eigenvalue weighted by atomic mass is 9.91. The van der Waals surface area contributed by atoms with Crippen LogP contribution in [0.15, 0.2) is 18.3 Å². The number of hydrogen-bond donors (Lipinski definition) is 0. The van der Waals surface area contributed by atoms with Crippen molar-refractivity contribution in [2.75, 3.05) is 20.3 Å². The molecule has 2 rings (SSSR count). The molecule has 0 N–H and O–H groups in total. The molecule has 1 aliphatic carbocycles. The molecule has 1 aromatic rings. The van der Waals surface area contributed by atoms with Crippen molar-refractivity contribution in [3.63, 3.8) is 0 Å². The highest BCUT2D eigenvalue weighted by Crippen LogP contribution is 2.35. The first-order valence-corrected chi connectivity index (χ1v) is 6.57. The normalized spacial score (nSPS) is 25.0. The molecule has 1 saturated carbocycles. The van der Waals surface area contributed by atoms with Crippen LogP contribution < -0.4 is 4.74 Å². The molecule has 1 aromatic heterocycles. The van der Waals surface area contributed by atoms with E-state index in [0.29, 0.717) is 19.6 Å². The van der Waals surface area contributed by atoms with Gasteiger partial charge in [-0.1, -0.05) is 0 Å². The average molecular weight is 303 g/mol. The van der Waals surface area contributed by atoms with Crippen LogP contribution in [0.25, 0.3) is 0 Å². The Morgan fingerprint density at radius 2 is 2.35 bits per heavy atom. The Bertz CT molecular complexity index is 473. The number of rotatable bonds is 7. The summed E-state index contributed by atoms with van der Waals surface area (Å²) >= 11 is 6.06. The first-order chi connectivity index (χ1) is 9.63. The van der Waals surface area contributed by atoms with Crippen LogP contribution >= 0.6 is 11.6 Å². The van der Waals surface area contributed by atoms with Crippen molar-refractivity contribution >= 4 is 17.4 Å². The summed E-state index contributed by atoms with van der Waals surface area (Å²) in [6.45, 7) is 0.860. The van der Waals surface area contributed by atoms with Gasteiger partial charge in [0.1, 0.15) is 18.4 Å². The van der Waals surface area contributed by atoms with E-state index in [1.54, 1.807) is 13.2 Å². The Labute approximate surface area is 120 Å².